The second-order valence-corrected chi connectivity index (χ2v) is 5.36. The Morgan fingerprint density at radius 3 is 2.55 bits per heavy atom. The third kappa shape index (κ3) is 4.90. The summed E-state index contributed by atoms with van der Waals surface area (Å²) >= 11 is 0. The molecule has 20 heavy (non-hydrogen) atoms. The molecular weight excluding hydrogens is 250 g/mol. The van der Waals surface area contributed by atoms with Gasteiger partial charge in [0.2, 0.25) is 5.95 Å². The molecule has 5 heteroatoms. The van der Waals surface area contributed by atoms with Crippen molar-refractivity contribution in [1.29, 1.82) is 0 Å². The lowest BCUT2D eigenvalue weighted by Gasteiger charge is -2.34. The second kappa shape index (κ2) is 7.97. The summed E-state index contributed by atoms with van der Waals surface area (Å²) in [5, 5.41) is 3.45. The van der Waals surface area contributed by atoms with Gasteiger partial charge in [0.1, 0.15) is 0 Å². The molecule has 2 rings (SSSR count). The smallest absolute Gasteiger partial charge is 0.225 e. The van der Waals surface area contributed by atoms with E-state index in [2.05, 4.69) is 45.0 Å². The van der Waals surface area contributed by atoms with E-state index in [1.54, 1.807) is 0 Å². The van der Waals surface area contributed by atoms with Crippen LogP contribution in [0.15, 0.2) is 30.1 Å². The van der Waals surface area contributed by atoms with Gasteiger partial charge in [0.25, 0.3) is 0 Å². The predicted octanol–water partition coefficient (Wildman–Crippen LogP) is 1.15. The Hall–Kier alpha value is -1.46. The SMILES string of the molecule is CC(C)=CCNCCN1CCN(c2ncccn2)CC1. The standard InChI is InChI=1S/C15H25N5/c1-14(2)4-7-16-8-9-19-10-12-20(13-11-19)15-17-5-3-6-18-15/h3-6,16H,7-13H2,1-2H3. The normalized spacial score (nSPS) is 16.2. The molecule has 1 aliphatic rings. The first kappa shape index (κ1) is 14.9. The number of rotatable bonds is 6. The lowest BCUT2D eigenvalue weighted by molar-refractivity contribution is 0.257. The van der Waals surface area contributed by atoms with Crippen LogP contribution in [-0.2, 0) is 0 Å². The summed E-state index contributed by atoms with van der Waals surface area (Å²) in [5.74, 6) is 0.855. The van der Waals surface area contributed by atoms with Crippen LogP contribution in [0.3, 0.4) is 0 Å². The Kier molecular flexibility index (Phi) is 5.95. The molecule has 110 valence electrons. The highest BCUT2D eigenvalue weighted by Crippen LogP contribution is 2.08. The van der Waals surface area contributed by atoms with Gasteiger partial charge >= 0.3 is 0 Å². The van der Waals surface area contributed by atoms with E-state index in [4.69, 9.17) is 0 Å². The van der Waals surface area contributed by atoms with E-state index in [9.17, 15) is 0 Å². The monoisotopic (exact) mass is 275 g/mol. The number of hydrogen-bond donors (Lipinski definition) is 1. The fraction of sp³-hybridized carbons (Fsp3) is 0.600. The van der Waals surface area contributed by atoms with Gasteiger partial charge in [-0.1, -0.05) is 11.6 Å². The highest BCUT2D eigenvalue weighted by atomic mass is 15.3. The van der Waals surface area contributed by atoms with Crippen molar-refractivity contribution in [2.75, 3.05) is 50.7 Å². The first-order chi connectivity index (χ1) is 9.75. The minimum atomic E-state index is 0.855. The van der Waals surface area contributed by atoms with E-state index in [1.165, 1.54) is 5.57 Å². The number of aromatic nitrogens is 2. The Labute approximate surface area is 121 Å². The van der Waals surface area contributed by atoms with E-state index in [0.717, 1.165) is 51.8 Å². The largest absolute Gasteiger partial charge is 0.338 e. The Morgan fingerprint density at radius 2 is 1.90 bits per heavy atom. The van der Waals surface area contributed by atoms with Crippen molar-refractivity contribution < 1.29 is 0 Å². The molecule has 2 heterocycles. The summed E-state index contributed by atoms with van der Waals surface area (Å²) in [4.78, 5) is 13.4. The zero-order chi connectivity index (χ0) is 14.2. The van der Waals surface area contributed by atoms with Crippen LogP contribution < -0.4 is 10.2 Å². The lowest BCUT2D eigenvalue weighted by atomic mass is 10.3. The molecule has 5 nitrogen and oxygen atoms in total. The Bertz CT molecular complexity index is 406. The van der Waals surface area contributed by atoms with Crippen molar-refractivity contribution >= 4 is 5.95 Å². The summed E-state index contributed by atoms with van der Waals surface area (Å²) < 4.78 is 0. The van der Waals surface area contributed by atoms with E-state index in [1.807, 2.05) is 18.5 Å². The zero-order valence-electron chi connectivity index (χ0n) is 12.5. The van der Waals surface area contributed by atoms with Crippen molar-refractivity contribution in [3.63, 3.8) is 0 Å². The van der Waals surface area contributed by atoms with Crippen LogP contribution >= 0.6 is 0 Å². The summed E-state index contributed by atoms with van der Waals surface area (Å²) in [5.41, 5.74) is 1.37. The molecule has 0 unspecified atom stereocenters. The molecule has 1 N–H and O–H groups in total. The highest BCUT2D eigenvalue weighted by molar-refractivity contribution is 5.29. The van der Waals surface area contributed by atoms with Crippen LogP contribution in [-0.4, -0.2) is 60.7 Å². The second-order valence-electron chi connectivity index (χ2n) is 5.36. The van der Waals surface area contributed by atoms with Gasteiger partial charge in [-0.3, -0.25) is 4.90 Å². The molecule has 0 aromatic carbocycles. The summed E-state index contributed by atoms with van der Waals surface area (Å²) in [6.07, 6.45) is 5.84. The van der Waals surface area contributed by atoms with Crippen LogP contribution in [0, 0.1) is 0 Å². The predicted molar refractivity (Wildman–Crippen MR) is 83.0 cm³/mol. The van der Waals surface area contributed by atoms with Crippen molar-refractivity contribution in [3.05, 3.63) is 30.1 Å². The molecule has 0 saturated carbocycles. The molecule has 0 radical (unpaired) electrons. The zero-order valence-corrected chi connectivity index (χ0v) is 12.5. The summed E-state index contributed by atoms with van der Waals surface area (Å²) in [6.45, 7) is 11.6. The fourth-order valence-corrected chi connectivity index (χ4v) is 2.24. The van der Waals surface area contributed by atoms with Crippen molar-refractivity contribution in [2.45, 2.75) is 13.8 Å². The van der Waals surface area contributed by atoms with Crippen molar-refractivity contribution in [2.24, 2.45) is 0 Å². The van der Waals surface area contributed by atoms with Gasteiger partial charge in [-0.2, -0.15) is 0 Å². The maximum absolute atomic E-state index is 4.31. The average molecular weight is 275 g/mol. The summed E-state index contributed by atoms with van der Waals surface area (Å²) in [7, 11) is 0. The number of piperazine rings is 1. The molecule has 0 amide bonds. The first-order valence-corrected chi connectivity index (χ1v) is 7.34. The van der Waals surface area contributed by atoms with Crippen LogP contribution in [0.4, 0.5) is 5.95 Å². The maximum atomic E-state index is 4.31. The van der Waals surface area contributed by atoms with Gasteiger partial charge in [-0.15, -0.1) is 0 Å². The molecule has 0 spiro atoms. The van der Waals surface area contributed by atoms with Crippen molar-refractivity contribution in [3.8, 4) is 0 Å². The average Bonchev–Trinajstić information content (AvgIpc) is 2.48. The lowest BCUT2D eigenvalue weighted by Crippen LogP contribution is -2.48. The van der Waals surface area contributed by atoms with Gasteiger partial charge in [0, 0.05) is 58.2 Å². The van der Waals surface area contributed by atoms with E-state index in [-0.39, 0.29) is 0 Å². The molecular formula is C15H25N5. The van der Waals surface area contributed by atoms with Gasteiger partial charge in [-0.05, 0) is 19.9 Å². The quantitative estimate of drug-likeness (QED) is 0.623. The minimum absolute atomic E-state index is 0.855. The minimum Gasteiger partial charge on any atom is -0.338 e. The van der Waals surface area contributed by atoms with Gasteiger partial charge < -0.3 is 10.2 Å². The van der Waals surface area contributed by atoms with Crippen LogP contribution in [0.2, 0.25) is 0 Å². The summed E-state index contributed by atoms with van der Waals surface area (Å²) in [6, 6.07) is 1.86. The number of nitrogens with one attached hydrogen (secondary N) is 1. The van der Waals surface area contributed by atoms with Crippen molar-refractivity contribution in [1.82, 2.24) is 20.2 Å². The van der Waals surface area contributed by atoms with Crippen LogP contribution in [0.1, 0.15) is 13.8 Å². The highest BCUT2D eigenvalue weighted by Gasteiger charge is 2.17. The van der Waals surface area contributed by atoms with Gasteiger partial charge in [0.15, 0.2) is 0 Å². The number of nitrogens with zero attached hydrogens (tertiary/aromatic N) is 4. The molecule has 1 saturated heterocycles. The van der Waals surface area contributed by atoms with Crippen LogP contribution in [0.25, 0.3) is 0 Å². The van der Waals surface area contributed by atoms with E-state index < -0.39 is 0 Å². The number of allylic oxidation sites excluding steroid dienone is 1. The molecule has 1 aliphatic heterocycles. The third-order valence-corrected chi connectivity index (χ3v) is 3.47. The molecule has 0 aliphatic carbocycles. The molecule has 1 aromatic heterocycles. The van der Waals surface area contributed by atoms with Gasteiger partial charge in [0.05, 0.1) is 0 Å². The third-order valence-electron chi connectivity index (χ3n) is 3.47. The molecule has 1 fully saturated rings. The number of hydrogen-bond acceptors (Lipinski definition) is 5. The Morgan fingerprint density at radius 1 is 1.20 bits per heavy atom. The maximum Gasteiger partial charge on any atom is 0.225 e. The Balaban J connectivity index is 1.63. The first-order valence-electron chi connectivity index (χ1n) is 7.34. The topological polar surface area (TPSA) is 44.3 Å². The van der Waals surface area contributed by atoms with E-state index in [0.29, 0.717) is 0 Å². The molecule has 0 bridgehead atoms. The fourth-order valence-electron chi connectivity index (χ4n) is 2.24. The van der Waals surface area contributed by atoms with Gasteiger partial charge in [-0.25, -0.2) is 9.97 Å². The van der Waals surface area contributed by atoms with E-state index >= 15 is 0 Å². The molecule has 0 atom stereocenters. The molecule has 1 aromatic rings. The van der Waals surface area contributed by atoms with Crippen LogP contribution in [0.5, 0.6) is 0 Å². The number of anilines is 1.